The molecular weight excluding hydrogens is 1730 g/mol. The zero-order chi connectivity index (χ0) is 96.0. The lowest BCUT2D eigenvalue weighted by Crippen LogP contribution is -2.68. The maximum absolute atomic E-state index is 13.3. The third-order valence-corrected chi connectivity index (χ3v) is 51.7. The number of unbranched alkanes of at least 4 members (excludes halogenated alkanes) is 1. The Morgan fingerprint density at radius 2 is 0.649 bits per heavy atom. The minimum Gasteiger partial charge on any atom is -0.410 e. The molecule has 17 heteroatoms. The fourth-order valence-corrected chi connectivity index (χ4v) is 35.0. The second kappa shape index (κ2) is 44.6. The van der Waals surface area contributed by atoms with Crippen molar-refractivity contribution in [3.63, 3.8) is 0 Å². The van der Waals surface area contributed by atoms with Gasteiger partial charge in [-0.25, -0.2) is 0 Å². The summed E-state index contributed by atoms with van der Waals surface area (Å²) < 4.78 is 34.7. The van der Waals surface area contributed by atoms with Crippen LogP contribution in [-0.4, -0.2) is 101 Å². The van der Waals surface area contributed by atoms with Gasteiger partial charge in [-0.3, -0.25) is 24.0 Å². The van der Waals surface area contributed by atoms with Crippen LogP contribution < -0.4 is 31.1 Å². The van der Waals surface area contributed by atoms with Gasteiger partial charge in [-0.2, -0.15) is 22.7 Å². The number of allylic oxidation sites excluding steroid dienone is 2. The van der Waals surface area contributed by atoms with E-state index in [2.05, 4.69) is 414 Å². The molecule has 5 saturated carbocycles. The van der Waals surface area contributed by atoms with Crippen LogP contribution in [0.5, 0.6) is 0 Å². The molecule has 2 aromatic heterocycles. The molecule has 0 bridgehead atoms. The molecule has 10 nitrogen and oxygen atoms in total. The number of rotatable bonds is 22. The number of Topliss-reactive ketones (excluding diaryl/α,β-unsaturated/α-hetero) is 5. The van der Waals surface area contributed by atoms with Gasteiger partial charge in [-0.15, -0.1) is 0 Å². The van der Waals surface area contributed by atoms with Crippen molar-refractivity contribution >= 4 is 143 Å². The van der Waals surface area contributed by atoms with E-state index in [1.807, 2.05) is 35.0 Å². The molecule has 5 fully saturated rings. The second-order valence-corrected chi connectivity index (χ2v) is 65.9. The summed E-state index contributed by atoms with van der Waals surface area (Å²) in [6.45, 7) is 59.8. The lowest BCUT2D eigenvalue weighted by Gasteiger charge is -2.45. The number of benzene rings is 7. The maximum atomic E-state index is 13.3. The molecule has 14 rings (SSSR count). The fraction of sp³-hybridized carbons (Fsp3) is 0.430. The highest BCUT2D eigenvalue weighted by atomic mass is 32.1. The molecule has 10 unspecified atom stereocenters. The Bertz CT molecular complexity index is 5320. The summed E-state index contributed by atoms with van der Waals surface area (Å²) in [5.41, 5.74) is 9.99. The number of carbonyl (C=O) groups is 5. The number of ketones is 5. The summed E-state index contributed by atoms with van der Waals surface area (Å²) in [4.78, 5) is 63.2. The first kappa shape index (κ1) is 105. The van der Waals surface area contributed by atoms with Crippen LogP contribution in [0.3, 0.4) is 0 Å². The Kier molecular flexibility index (Phi) is 35.7. The quantitative estimate of drug-likeness (QED) is 0.0477. The molecule has 0 amide bonds. The van der Waals surface area contributed by atoms with E-state index in [9.17, 15) is 24.0 Å². The predicted molar refractivity (Wildman–Crippen MR) is 566 cm³/mol. The van der Waals surface area contributed by atoms with Crippen molar-refractivity contribution in [2.24, 2.45) is 35.5 Å². The SMILES string of the molecule is CC(C)/C=C1/C(=O)CC(C)C1O[Si](C)(C)C(C)(C)C.CC1CC(=O)C(=Cc2ccsc2)C1O[Si](C)(c1ccccc1)c1ccccc1.CC1CC(=O)C(=Cc2ccsc2)C1O[Si](c1ccccc1)(c1ccccc1)C(C)(C)C.CCCC=C1C(=O)CC(C)C1O[Si](C)(C)C(C)(C)C.Cc1ccc(C=C2C(=O)CC(C)C2O[Si](c2ccccc2)(c2ccccc2)C(C)(C)C)c(C)c1. The van der Waals surface area contributed by atoms with Gasteiger partial charge in [0.15, 0.2) is 45.6 Å². The number of aryl methyl sites for hydroxylation is 2. The molecule has 10 atom stereocenters. The van der Waals surface area contributed by atoms with Gasteiger partial charge in [0.25, 0.3) is 25.0 Å². The Morgan fingerprint density at radius 1 is 0.359 bits per heavy atom. The van der Waals surface area contributed by atoms with Crippen LogP contribution in [0.4, 0.5) is 0 Å². The van der Waals surface area contributed by atoms with Crippen molar-refractivity contribution in [3.8, 4) is 0 Å². The van der Waals surface area contributed by atoms with Crippen molar-refractivity contribution in [2.45, 2.75) is 281 Å². The fourth-order valence-electron chi connectivity index (χ4n) is 18.4. The Balaban J connectivity index is 0.000000173. The molecule has 5 aliphatic rings. The van der Waals surface area contributed by atoms with Crippen molar-refractivity contribution < 1.29 is 46.1 Å². The molecule has 0 N–H and O–H groups in total. The zero-order valence-electron chi connectivity index (χ0n) is 83.6. The van der Waals surface area contributed by atoms with Gasteiger partial charge >= 0.3 is 0 Å². The summed E-state index contributed by atoms with van der Waals surface area (Å²) in [5.74, 6) is 2.70. The van der Waals surface area contributed by atoms with Gasteiger partial charge in [-0.1, -0.05) is 363 Å². The van der Waals surface area contributed by atoms with E-state index in [1.165, 1.54) is 42.2 Å². The molecule has 9 aromatic rings. The average molecular weight is 1890 g/mol. The van der Waals surface area contributed by atoms with Crippen LogP contribution in [0, 0.1) is 49.4 Å². The van der Waals surface area contributed by atoms with Crippen molar-refractivity contribution in [1.29, 1.82) is 0 Å². The average Bonchev–Trinajstić information content (AvgIpc) is 1.73. The van der Waals surface area contributed by atoms with Crippen LogP contribution in [0.1, 0.15) is 211 Å². The first-order valence-corrected chi connectivity index (χ1v) is 61.6. The highest BCUT2D eigenvalue weighted by Crippen LogP contribution is 2.48. The number of hydrogen-bond acceptors (Lipinski definition) is 12. The monoisotopic (exact) mass is 1880 g/mol. The van der Waals surface area contributed by atoms with Gasteiger partial charge in [0.2, 0.25) is 0 Å². The predicted octanol–water partition coefficient (Wildman–Crippen LogP) is 25.7. The molecule has 2 heterocycles. The van der Waals surface area contributed by atoms with E-state index in [1.54, 1.807) is 22.7 Å². The molecule has 0 aliphatic heterocycles. The highest BCUT2D eigenvalue weighted by molar-refractivity contribution is 7.08. The van der Waals surface area contributed by atoms with E-state index in [0.717, 1.165) is 57.4 Å². The minimum absolute atomic E-state index is 0.00999. The van der Waals surface area contributed by atoms with Gasteiger partial charge in [0.1, 0.15) is 0 Å². The summed E-state index contributed by atoms with van der Waals surface area (Å²) in [6, 6.07) is 74.2. The molecule has 698 valence electrons. The topological polar surface area (TPSA) is 132 Å². The first-order valence-electron chi connectivity index (χ1n) is 47.7. The van der Waals surface area contributed by atoms with Crippen LogP contribution in [0.2, 0.25) is 52.9 Å². The zero-order valence-corrected chi connectivity index (χ0v) is 90.2. The summed E-state index contributed by atoms with van der Waals surface area (Å²) in [6.07, 6.45) is 14.8. The van der Waals surface area contributed by atoms with Crippen molar-refractivity contribution in [2.75, 3.05) is 0 Å². The van der Waals surface area contributed by atoms with E-state index in [4.69, 9.17) is 22.1 Å². The van der Waals surface area contributed by atoms with Gasteiger partial charge < -0.3 is 22.1 Å². The molecule has 131 heavy (non-hydrogen) atoms. The minimum atomic E-state index is -2.76. The summed E-state index contributed by atoms with van der Waals surface area (Å²) in [5, 5.41) is 15.8. The standard InChI is InChI=1S/C31H36O2Si.C27H30O2SSi.C24H24O2SSi.2C16H30O2Si/c1-22-17-18-25(23(2)19-22)21-28-29(32)20-24(3)30(28)33-34(31(4,5)6,26-13-9-7-10-14-26)27-15-11-8-12-16-27;1-20-17-25(28)24(18-21-15-16-30-19-21)26(20)29-31(27(2,3)4,22-11-7-5-8-12-22)23-13-9-6-10-14-23;1-18-15-23(25)22(16-19-13-14-27-17-19)24(18)26-28(2,20-9-5-3-6-10-20)21-11-7-4-8-12-21;1-11(2)9-13-14(17)10-12(3)15(13)18-19(7,8)16(4,5)6;1-8-9-10-13-14(17)11-12(2)15(13)18-19(6,7)16(3,4)5/h7-19,21,24,30H,20H2,1-6H3;5-16,18-20,26H,17H2,1-4H3;3-14,16-18,24H,15H2,1-2H3;9,11-12,15H,10H2,1-8H3;10,12,15H,8-9,11H2,1-7H3/b;;;13-9-;. The van der Waals surface area contributed by atoms with Crippen LogP contribution in [0.15, 0.2) is 274 Å². The second-order valence-electron chi connectivity index (χ2n) is 42.9. The lowest BCUT2D eigenvalue weighted by atomic mass is 10.0. The third-order valence-electron chi connectivity index (χ3n) is 27.8. The lowest BCUT2D eigenvalue weighted by molar-refractivity contribution is -0.115. The first-order chi connectivity index (χ1) is 61.6. The number of carbonyl (C=O) groups excluding carboxylic acids is 5. The van der Waals surface area contributed by atoms with E-state index < -0.39 is 41.6 Å². The Hall–Kier alpha value is -8.13. The van der Waals surface area contributed by atoms with Crippen LogP contribution in [0.25, 0.3) is 18.2 Å². The van der Waals surface area contributed by atoms with E-state index in [0.29, 0.717) is 55.6 Å². The summed E-state index contributed by atoms with van der Waals surface area (Å²) >= 11 is 3.29. The van der Waals surface area contributed by atoms with E-state index >= 15 is 0 Å². The Morgan fingerprint density at radius 3 is 0.939 bits per heavy atom. The smallest absolute Gasteiger partial charge is 0.261 e. The maximum Gasteiger partial charge on any atom is 0.261 e. The number of thiophene rings is 2. The van der Waals surface area contributed by atoms with Gasteiger partial charge in [0, 0.05) is 60.0 Å². The molecular formula is C114H150O10S2Si5. The van der Waals surface area contributed by atoms with Gasteiger partial charge in [-0.05, 0) is 214 Å². The molecule has 7 aromatic carbocycles. The van der Waals surface area contributed by atoms with Gasteiger partial charge in [0.05, 0.1) is 30.5 Å². The molecule has 0 radical (unpaired) electrons. The van der Waals surface area contributed by atoms with E-state index in [-0.39, 0.29) is 91.6 Å². The normalized spacial score (nSPS) is 22.7. The molecule has 5 aliphatic carbocycles. The summed E-state index contributed by atoms with van der Waals surface area (Å²) in [7, 11) is -11.6. The number of hydrogen-bond donors (Lipinski definition) is 0. The third kappa shape index (κ3) is 25.2. The van der Waals surface area contributed by atoms with Crippen LogP contribution in [-0.2, 0) is 46.1 Å². The van der Waals surface area contributed by atoms with Crippen molar-refractivity contribution in [1.82, 2.24) is 0 Å². The highest BCUT2D eigenvalue weighted by Gasteiger charge is 2.57. The van der Waals surface area contributed by atoms with Crippen LogP contribution >= 0.6 is 22.7 Å². The van der Waals surface area contributed by atoms with Crippen molar-refractivity contribution in [3.05, 3.63) is 302 Å². The largest absolute Gasteiger partial charge is 0.410 e. The molecule has 0 saturated heterocycles. The Labute approximate surface area is 800 Å². The molecule has 0 spiro atoms.